The van der Waals surface area contributed by atoms with E-state index in [0.717, 1.165) is 11.3 Å². The molecule has 1 unspecified atom stereocenters. The summed E-state index contributed by atoms with van der Waals surface area (Å²) < 4.78 is 23.0. The lowest BCUT2D eigenvalue weighted by Gasteiger charge is -2.27. The summed E-state index contributed by atoms with van der Waals surface area (Å²) >= 11 is 6.22. The Kier molecular flexibility index (Phi) is 4.08. The first-order chi connectivity index (χ1) is 8.80. The third-order valence-corrected chi connectivity index (χ3v) is 5.64. The molecule has 1 aliphatic rings. The molecule has 0 saturated carbocycles. The lowest BCUT2D eigenvalue weighted by atomic mass is 10.1. The molecule has 1 saturated heterocycles. The zero-order valence-electron chi connectivity index (χ0n) is 11.0. The largest absolute Gasteiger partial charge is 0.389 e. The second-order valence-electron chi connectivity index (χ2n) is 5.05. The fourth-order valence-electron chi connectivity index (χ4n) is 2.35. The average Bonchev–Trinajstić information content (AvgIpc) is 2.68. The number of sulfone groups is 1. The van der Waals surface area contributed by atoms with Crippen LogP contribution in [0.1, 0.15) is 25.0 Å². The SMILES string of the molecule is C[C@@H](O)c1ccc(N(C)C2CCS(=O)(=O)C2)c(Cl)c1. The Morgan fingerprint density at radius 2 is 2.16 bits per heavy atom. The molecular weight excluding hydrogens is 286 g/mol. The molecule has 0 spiro atoms. The van der Waals surface area contributed by atoms with Crippen molar-refractivity contribution >= 4 is 27.1 Å². The Hall–Kier alpha value is -0.780. The first-order valence-corrected chi connectivity index (χ1v) is 8.41. The van der Waals surface area contributed by atoms with Gasteiger partial charge in [0.15, 0.2) is 9.84 Å². The topological polar surface area (TPSA) is 57.6 Å². The maximum Gasteiger partial charge on any atom is 0.152 e. The zero-order valence-corrected chi connectivity index (χ0v) is 12.6. The van der Waals surface area contributed by atoms with Crippen LogP contribution in [0.15, 0.2) is 18.2 Å². The molecule has 1 heterocycles. The van der Waals surface area contributed by atoms with Gasteiger partial charge in [0.25, 0.3) is 0 Å². The fraction of sp³-hybridized carbons (Fsp3) is 0.538. The van der Waals surface area contributed by atoms with Crippen molar-refractivity contribution in [3.8, 4) is 0 Å². The van der Waals surface area contributed by atoms with Crippen molar-refractivity contribution in [2.24, 2.45) is 0 Å². The first-order valence-electron chi connectivity index (χ1n) is 6.21. The van der Waals surface area contributed by atoms with Crippen LogP contribution in [-0.2, 0) is 9.84 Å². The molecule has 0 amide bonds. The highest BCUT2D eigenvalue weighted by atomic mass is 35.5. The number of halogens is 1. The molecule has 0 bridgehead atoms. The molecule has 1 aromatic carbocycles. The summed E-state index contributed by atoms with van der Waals surface area (Å²) in [5.74, 6) is 0.420. The van der Waals surface area contributed by atoms with E-state index in [9.17, 15) is 13.5 Å². The van der Waals surface area contributed by atoms with Crippen molar-refractivity contribution in [1.82, 2.24) is 0 Å². The van der Waals surface area contributed by atoms with Crippen molar-refractivity contribution in [2.45, 2.75) is 25.5 Å². The highest BCUT2D eigenvalue weighted by Crippen LogP contribution is 2.31. The van der Waals surface area contributed by atoms with Crippen LogP contribution in [0.4, 0.5) is 5.69 Å². The molecule has 1 aromatic rings. The summed E-state index contributed by atoms with van der Waals surface area (Å²) in [4.78, 5) is 1.92. The molecule has 0 radical (unpaired) electrons. The quantitative estimate of drug-likeness (QED) is 0.928. The number of rotatable bonds is 3. The van der Waals surface area contributed by atoms with Gasteiger partial charge >= 0.3 is 0 Å². The van der Waals surface area contributed by atoms with Crippen molar-refractivity contribution in [3.63, 3.8) is 0 Å². The monoisotopic (exact) mass is 303 g/mol. The number of aliphatic hydroxyl groups excluding tert-OH is 1. The molecule has 1 fully saturated rings. The zero-order chi connectivity index (χ0) is 14.2. The molecule has 2 atom stereocenters. The van der Waals surface area contributed by atoms with Gasteiger partial charge in [-0.1, -0.05) is 17.7 Å². The molecule has 2 rings (SSSR count). The summed E-state index contributed by atoms with van der Waals surface area (Å²) in [5.41, 5.74) is 1.55. The Bertz CT molecular complexity index is 571. The lowest BCUT2D eigenvalue weighted by Crippen LogP contribution is -2.32. The highest BCUT2D eigenvalue weighted by molar-refractivity contribution is 7.91. The summed E-state index contributed by atoms with van der Waals surface area (Å²) in [5, 5.41) is 10.0. The van der Waals surface area contributed by atoms with E-state index in [2.05, 4.69) is 0 Å². The molecule has 19 heavy (non-hydrogen) atoms. The van der Waals surface area contributed by atoms with Crippen LogP contribution in [-0.4, -0.2) is 38.1 Å². The minimum Gasteiger partial charge on any atom is -0.389 e. The van der Waals surface area contributed by atoms with Gasteiger partial charge in [0, 0.05) is 13.1 Å². The standard InChI is InChI=1S/C13H18ClNO3S/c1-9(16)10-3-4-13(12(14)7-10)15(2)11-5-6-19(17,18)8-11/h3-4,7,9,11,16H,5-6,8H2,1-2H3/t9-,11?/m1/s1. The van der Waals surface area contributed by atoms with Crippen molar-refractivity contribution < 1.29 is 13.5 Å². The Labute approximate surface area is 118 Å². The summed E-state index contributed by atoms with van der Waals surface area (Å²) in [7, 11) is -1.05. The normalized spacial score (nSPS) is 23.3. The van der Waals surface area contributed by atoms with E-state index in [1.165, 1.54) is 0 Å². The third-order valence-electron chi connectivity index (χ3n) is 3.59. The second kappa shape index (κ2) is 5.31. The van der Waals surface area contributed by atoms with Gasteiger partial charge in [0.1, 0.15) is 0 Å². The first kappa shape index (κ1) is 14.6. The van der Waals surface area contributed by atoms with Crippen LogP contribution in [0.2, 0.25) is 5.02 Å². The summed E-state index contributed by atoms with van der Waals surface area (Å²) in [6.07, 6.45) is 0.0663. The van der Waals surface area contributed by atoms with Crippen molar-refractivity contribution in [1.29, 1.82) is 0 Å². The lowest BCUT2D eigenvalue weighted by molar-refractivity contribution is 0.199. The van der Waals surface area contributed by atoms with Gasteiger partial charge in [-0.3, -0.25) is 0 Å². The molecule has 4 nitrogen and oxygen atoms in total. The van der Waals surface area contributed by atoms with Crippen LogP contribution in [0.5, 0.6) is 0 Å². The van der Waals surface area contributed by atoms with E-state index in [1.807, 2.05) is 24.1 Å². The number of hydrogen-bond acceptors (Lipinski definition) is 4. The molecule has 0 aromatic heterocycles. The highest BCUT2D eigenvalue weighted by Gasteiger charge is 2.31. The summed E-state index contributed by atoms with van der Waals surface area (Å²) in [6, 6.07) is 5.34. The Morgan fingerprint density at radius 3 is 2.63 bits per heavy atom. The van der Waals surface area contributed by atoms with Gasteiger partial charge in [-0.2, -0.15) is 0 Å². The molecule has 6 heteroatoms. The molecule has 1 N–H and O–H groups in total. The third kappa shape index (κ3) is 3.22. The van der Waals surface area contributed by atoms with Gasteiger partial charge in [0.05, 0.1) is 28.3 Å². The van der Waals surface area contributed by atoms with Gasteiger partial charge in [0.2, 0.25) is 0 Å². The second-order valence-corrected chi connectivity index (χ2v) is 7.69. The van der Waals surface area contributed by atoms with Crippen LogP contribution < -0.4 is 4.90 Å². The van der Waals surface area contributed by atoms with E-state index in [1.54, 1.807) is 13.0 Å². The molecule has 0 aliphatic carbocycles. The van der Waals surface area contributed by atoms with Gasteiger partial charge in [-0.15, -0.1) is 0 Å². The maximum atomic E-state index is 11.5. The van der Waals surface area contributed by atoms with Crippen molar-refractivity contribution in [2.75, 3.05) is 23.5 Å². The number of nitrogens with zero attached hydrogens (tertiary/aromatic N) is 1. The minimum atomic E-state index is -2.91. The van der Waals surface area contributed by atoms with Crippen LogP contribution in [0.25, 0.3) is 0 Å². The van der Waals surface area contributed by atoms with Gasteiger partial charge in [-0.25, -0.2) is 8.42 Å². The van der Waals surface area contributed by atoms with E-state index >= 15 is 0 Å². The van der Waals surface area contributed by atoms with Crippen LogP contribution in [0, 0.1) is 0 Å². The number of aliphatic hydroxyl groups is 1. The number of benzene rings is 1. The number of hydrogen-bond donors (Lipinski definition) is 1. The minimum absolute atomic E-state index is 0.0279. The predicted molar refractivity (Wildman–Crippen MR) is 77.5 cm³/mol. The Morgan fingerprint density at radius 1 is 1.47 bits per heavy atom. The fourth-order valence-corrected chi connectivity index (χ4v) is 4.44. The maximum absolute atomic E-state index is 11.5. The van der Waals surface area contributed by atoms with E-state index in [0.29, 0.717) is 11.4 Å². The van der Waals surface area contributed by atoms with Crippen LogP contribution >= 0.6 is 11.6 Å². The molecule has 106 valence electrons. The summed E-state index contributed by atoms with van der Waals surface area (Å²) in [6.45, 7) is 1.68. The van der Waals surface area contributed by atoms with E-state index in [4.69, 9.17) is 11.6 Å². The number of anilines is 1. The smallest absolute Gasteiger partial charge is 0.152 e. The Balaban J connectivity index is 2.23. The van der Waals surface area contributed by atoms with E-state index in [-0.39, 0.29) is 17.5 Å². The van der Waals surface area contributed by atoms with Gasteiger partial charge < -0.3 is 10.0 Å². The molecule has 1 aliphatic heterocycles. The average molecular weight is 304 g/mol. The van der Waals surface area contributed by atoms with Crippen molar-refractivity contribution in [3.05, 3.63) is 28.8 Å². The molecular formula is C13H18ClNO3S. The van der Waals surface area contributed by atoms with Crippen LogP contribution in [0.3, 0.4) is 0 Å². The van der Waals surface area contributed by atoms with E-state index < -0.39 is 15.9 Å². The predicted octanol–water partition coefficient (Wildman–Crippen LogP) is 2.02. The van der Waals surface area contributed by atoms with Gasteiger partial charge in [-0.05, 0) is 31.0 Å².